The molecule has 0 saturated heterocycles. The minimum atomic E-state index is -4.69. The van der Waals surface area contributed by atoms with E-state index in [1.54, 1.807) is 0 Å². The Morgan fingerprint density at radius 2 is 1.86 bits per heavy atom. The summed E-state index contributed by atoms with van der Waals surface area (Å²) in [5.41, 5.74) is -0.923. The number of halogens is 6. The summed E-state index contributed by atoms with van der Waals surface area (Å²) in [4.78, 5) is 10.9. The minimum Gasteiger partial charge on any atom is -0.333 e. The van der Waals surface area contributed by atoms with E-state index in [2.05, 4.69) is 0 Å². The highest BCUT2D eigenvalue weighted by atomic mass is 35.7. The Morgan fingerprint density at radius 1 is 1.33 bits per heavy atom. The Morgan fingerprint density at radius 3 is 2.29 bits per heavy atom. The predicted molar refractivity (Wildman–Crippen MR) is 67.5 cm³/mol. The summed E-state index contributed by atoms with van der Waals surface area (Å²) in [7, 11) is 1.20. The van der Waals surface area contributed by atoms with Crippen molar-refractivity contribution in [2.75, 3.05) is 13.6 Å². The van der Waals surface area contributed by atoms with E-state index in [0.717, 1.165) is 13.1 Å². The van der Waals surface area contributed by atoms with Crippen LogP contribution < -0.4 is 0 Å². The molecule has 0 aromatic heterocycles. The summed E-state index contributed by atoms with van der Waals surface area (Å²) in [6.07, 6.45) is -4.69. The van der Waals surface area contributed by atoms with Gasteiger partial charge < -0.3 is 4.90 Å². The van der Waals surface area contributed by atoms with E-state index in [0.29, 0.717) is 6.07 Å². The number of nitrogens with zero attached hydrogens (tertiary/aromatic N) is 1. The third kappa shape index (κ3) is 4.72. The van der Waals surface area contributed by atoms with Crippen LogP contribution in [0, 0.1) is 5.82 Å². The summed E-state index contributed by atoms with van der Waals surface area (Å²) in [5, 5.41) is -0.362. The number of hydrogen-bond acceptors (Lipinski definition) is 3. The number of amides is 1. The molecule has 4 nitrogen and oxygen atoms in total. The molecule has 0 N–H and O–H groups in total. The van der Waals surface area contributed by atoms with Gasteiger partial charge in [0.1, 0.15) is 11.4 Å². The third-order valence-corrected chi connectivity index (χ3v) is 3.80. The molecule has 0 aliphatic heterocycles. The van der Waals surface area contributed by atoms with Crippen molar-refractivity contribution in [3.63, 3.8) is 0 Å². The van der Waals surface area contributed by atoms with Crippen molar-refractivity contribution in [3.8, 4) is 0 Å². The molecule has 118 valence electrons. The van der Waals surface area contributed by atoms with Gasteiger partial charge in [0.2, 0.25) is 0 Å². The van der Waals surface area contributed by atoms with Crippen molar-refractivity contribution in [3.05, 3.63) is 28.5 Å². The van der Waals surface area contributed by atoms with Gasteiger partial charge in [0.25, 0.3) is 15.0 Å². The van der Waals surface area contributed by atoms with Gasteiger partial charge in [-0.3, -0.25) is 4.79 Å². The average molecular weight is 368 g/mol. The van der Waals surface area contributed by atoms with Crippen molar-refractivity contribution < 1.29 is 30.8 Å². The van der Waals surface area contributed by atoms with Crippen LogP contribution >= 0.6 is 22.3 Å². The Bertz CT molecular complexity index is 676. The number of carbonyl (C=O) groups excluding carboxylic acids is 1. The number of benzene rings is 1. The van der Waals surface area contributed by atoms with Crippen LogP contribution in [0.15, 0.2) is 17.0 Å². The molecular formula is C10H7Cl2F4NO3S. The van der Waals surface area contributed by atoms with E-state index >= 15 is 0 Å². The van der Waals surface area contributed by atoms with Gasteiger partial charge in [-0.25, -0.2) is 12.8 Å². The molecule has 0 aliphatic rings. The standard InChI is InChI=1S/C10H7Cl2F4NO3S/c1-17(4-10(14,15)16)9(18)6-2-5(11)3-7(8(6)13)21(12,19)20/h2-3H,4H2,1H3. The quantitative estimate of drug-likeness (QED) is 0.609. The van der Waals surface area contributed by atoms with Crippen molar-refractivity contribution in [2.45, 2.75) is 11.1 Å². The summed E-state index contributed by atoms with van der Waals surface area (Å²) in [6, 6.07) is 1.37. The van der Waals surface area contributed by atoms with E-state index in [-0.39, 0.29) is 9.92 Å². The van der Waals surface area contributed by atoms with Crippen LogP contribution in [0.1, 0.15) is 10.4 Å². The van der Waals surface area contributed by atoms with Crippen molar-refractivity contribution in [1.29, 1.82) is 0 Å². The zero-order valence-electron chi connectivity index (χ0n) is 10.2. The topological polar surface area (TPSA) is 54.5 Å². The molecule has 1 amide bonds. The average Bonchev–Trinajstić information content (AvgIpc) is 2.27. The molecular weight excluding hydrogens is 361 g/mol. The minimum absolute atomic E-state index is 0.180. The van der Waals surface area contributed by atoms with E-state index in [9.17, 15) is 30.8 Å². The Labute approximate surface area is 126 Å². The van der Waals surface area contributed by atoms with Crippen molar-refractivity contribution in [1.82, 2.24) is 4.90 Å². The second-order valence-electron chi connectivity index (χ2n) is 3.98. The van der Waals surface area contributed by atoms with Gasteiger partial charge in [-0.2, -0.15) is 13.2 Å². The van der Waals surface area contributed by atoms with Gasteiger partial charge >= 0.3 is 6.18 Å². The molecule has 11 heteroatoms. The first-order valence-corrected chi connectivity index (χ1v) is 7.77. The largest absolute Gasteiger partial charge is 0.406 e. The fourth-order valence-electron chi connectivity index (χ4n) is 1.44. The zero-order chi connectivity index (χ0) is 16.6. The molecule has 1 aromatic rings. The summed E-state index contributed by atoms with van der Waals surface area (Å²) >= 11 is 5.53. The normalized spacial score (nSPS) is 12.3. The van der Waals surface area contributed by atoms with Crippen LogP contribution in [0.4, 0.5) is 17.6 Å². The molecule has 0 saturated carbocycles. The fraction of sp³-hybridized carbons (Fsp3) is 0.300. The van der Waals surface area contributed by atoms with E-state index < -0.39 is 44.0 Å². The maximum absolute atomic E-state index is 13.9. The molecule has 0 fully saturated rings. The molecule has 1 aromatic carbocycles. The molecule has 0 atom stereocenters. The SMILES string of the molecule is CN(CC(F)(F)F)C(=O)c1cc(Cl)cc(S(=O)(=O)Cl)c1F. The van der Waals surface area contributed by atoms with Crippen LogP contribution in [0.3, 0.4) is 0 Å². The van der Waals surface area contributed by atoms with Gasteiger partial charge in [0, 0.05) is 22.8 Å². The van der Waals surface area contributed by atoms with Crippen LogP contribution in [0.2, 0.25) is 5.02 Å². The van der Waals surface area contributed by atoms with Crippen LogP contribution in [0.25, 0.3) is 0 Å². The number of rotatable bonds is 3. The smallest absolute Gasteiger partial charge is 0.333 e. The van der Waals surface area contributed by atoms with Gasteiger partial charge in [-0.1, -0.05) is 11.6 Å². The van der Waals surface area contributed by atoms with E-state index in [4.69, 9.17) is 22.3 Å². The second-order valence-corrected chi connectivity index (χ2v) is 6.95. The zero-order valence-corrected chi connectivity index (χ0v) is 12.5. The number of alkyl halides is 3. The highest BCUT2D eigenvalue weighted by molar-refractivity contribution is 8.13. The lowest BCUT2D eigenvalue weighted by Crippen LogP contribution is -2.36. The summed E-state index contributed by atoms with van der Waals surface area (Å²) < 4.78 is 72.8. The first-order valence-electron chi connectivity index (χ1n) is 5.09. The van der Waals surface area contributed by atoms with Crippen LogP contribution in [-0.4, -0.2) is 39.0 Å². The lowest BCUT2D eigenvalue weighted by Gasteiger charge is -2.19. The molecule has 0 spiro atoms. The summed E-state index contributed by atoms with van der Waals surface area (Å²) in [5.74, 6) is -2.94. The Hall–Kier alpha value is -1.06. The van der Waals surface area contributed by atoms with Gasteiger partial charge in [-0.05, 0) is 12.1 Å². The molecule has 1 rings (SSSR count). The Balaban J connectivity index is 3.32. The van der Waals surface area contributed by atoms with Crippen molar-refractivity contribution >= 4 is 37.2 Å². The monoisotopic (exact) mass is 367 g/mol. The highest BCUT2D eigenvalue weighted by Gasteiger charge is 2.33. The van der Waals surface area contributed by atoms with Crippen LogP contribution in [0.5, 0.6) is 0 Å². The number of hydrogen-bond donors (Lipinski definition) is 0. The maximum Gasteiger partial charge on any atom is 0.406 e. The molecule has 0 heterocycles. The molecule has 0 unspecified atom stereocenters. The van der Waals surface area contributed by atoms with Crippen molar-refractivity contribution in [2.24, 2.45) is 0 Å². The molecule has 0 radical (unpaired) electrons. The molecule has 21 heavy (non-hydrogen) atoms. The Kier molecular flexibility index (Phi) is 5.12. The summed E-state index contributed by atoms with van der Waals surface area (Å²) in [6.45, 7) is -1.64. The van der Waals surface area contributed by atoms with E-state index in [1.165, 1.54) is 0 Å². The second kappa shape index (κ2) is 5.98. The van der Waals surface area contributed by atoms with E-state index in [1.807, 2.05) is 0 Å². The third-order valence-electron chi connectivity index (χ3n) is 2.26. The first kappa shape index (κ1) is 18.0. The molecule has 0 aliphatic carbocycles. The van der Waals surface area contributed by atoms with Gasteiger partial charge in [-0.15, -0.1) is 0 Å². The van der Waals surface area contributed by atoms with Gasteiger partial charge in [0.15, 0.2) is 5.82 Å². The lowest BCUT2D eigenvalue weighted by molar-refractivity contribution is -0.138. The maximum atomic E-state index is 13.9. The molecule has 0 bridgehead atoms. The predicted octanol–water partition coefficient (Wildman–Crippen LogP) is 3.04. The first-order chi connectivity index (χ1) is 9.33. The lowest BCUT2D eigenvalue weighted by atomic mass is 10.2. The highest BCUT2D eigenvalue weighted by Crippen LogP contribution is 2.27. The van der Waals surface area contributed by atoms with Crippen LogP contribution in [-0.2, 0) is 9.05 Å². The number of carbonyl (C=O) groups is 1. The van der Waals surface area contributed by atoms with Gasteiger partial charge in [0.05, 0.1) is 5.56 Å². The fourth-order valence-corrected chi connectivity index (χ4v) is 2.66.